The topological polar surface area (TPSA) is 21.3 Å². The molecular formula is C15H22FNO. The fourth-order valence-electron chi connectivity index (χ4n) is 2.45. The molecule has 1 aromatic carbocycles. The van der Waals surface area contributed by atoms with Crippen LogP contribution in [-0.2, 0) is 0 Å². The molecule has 0 aliphatic carbocycles. The first-order chi connectivity index (χ1) is 8.83. The van der Waals surface area contributed by atoms with Crippen molar-refractivity contribution in [2.24, 2.45) is 0 Å². The highest BCUT2D eigenvalue weighted by Crippen LogP contribution is 2.34. The molecule has 1 heterocycles. The quantitative estimate of drug-likeness (QED) is 0.809. The Kier molecular flexibility index (Phi) is 5.00. The van der Waals surface area contributed by atoms with Gasteiger partial charge < -0.3 is 10.1 Å². The number of benzene rings is 1. The molecule has 0 saturated carbocycles. The van der Waals surface area contributed by atoms with Gasteiger partial charge in [0.2, 0.25) is 0 Å². The van der Waals surface area contributed by atoms with E-state index in [2.05, 4.69) is 12.2 Å². The van der Waals surface area contributed by atoms with Gasteiger partial charge in [-0.25, -0.2) is 4.39 Å². The summed E-state index contributed by atoms with van der Waals surface area (Å²) in [6.07, 6.45) is 4.16. The second-order valence-corrected chi connectivity index (χ2v) is 4.88. The number of rotatable bonds is 5. The minimum Gasteiger partial charge on any atom is -0.490 e. The summed E-state index contributed by atoms with van der Waals surface area (Å²) in [4.78, 5) is 0. The van der Waals surface area contributed by atoms with E-state index in [-0.39, 0.29) is 5.82 Å². The van der Waals surface area contributed by atoms with Crippen LogP contribution in [-0.4, -0.2) is 19.7 Å². The molecule has 1 aliphatic heterocycles. The van der Waals surface area contributed by atoms with Crippen LogP contribution in [0.3, 0.4) is 0 Å². The maximum absolute atomic E-state index is 13.9. The smallest absolute Gasteiger partial charge is 0.165 e. The van der Waals surface area contributed by atoms with Gasteiger partial charge in [0, 0.05) is 5.56 Å². The Morgan fingerprint density at radius 2 is 2.11 bits per heavy atom. The highest BCUT2D eigenvalue weighted by Gasteiger charge is 2.21. The van der Waals surface area contributed by atoms with Crippen molar-refractivity contribution in [1.29, 1.82) is 0 Å². The van der Waals surface area contributed by atoms with Crippen molar-refractivity contribution >= 4 is 0 Å². The van der Waals surface area contributed by atoms with Crippen molar-refractivity contribution in [2.75, 3.05) is 19.7 Å². The Bertz CT molecular complexity index is 375. The molecule has 1 fully saturated rings. The first-order valence-corrected chi connectivity index (χ1v) is 6.95. The van der Waals surface area contributed by atoms with E-state index in [4.69, 9.17) is 4.74 Å². The number of piperidine rings is 1. The van der Waals surface area contributed by atoms with E-state index in [0.717, 1.165) is 44.3 Å². The largest absolute Gasteiger partial charge is 0.490 e. The molecular weight excluding hydrogens is 229 g/mol. The summed E-state index contributed by atoms with van der Waals surface area (Å²) in [7, 11) is 0. The number of unbranched alkanes of at least 4 members (excludes halogenated alkanes) is 1. The molecule has 2 rings (SSSR count). The maximum Gasteiger partial charge on any atom is 0.165 e. The lowest BCUT2D eigenvalue weighted by Gasteiger charge is -2.25. The molecule has 0 aromatic heterocycles. The molecule has 1 aliphatic rings. The average molecular weight is 251 g/mol. The van der Waals surface area contributed by atoms with Crippen LogP contribution < -0.4 is 10.1 Å². The van der Waals surface area contributed by atoms with E-state index >= 15 is 0 Å². The SMILES string of the molecule is CCCCOc1c(F)cccc1C1CCNCC1. The minimum atomic E-state index is -0.220. The summed E-state index contributed by atoms with van der Waals surface area (Å²) >= 11 is 0. The molecule has 100 valence electrons. The molecule has 0 spiro atoms. The standard InChI is InChI=1S/C15H22FNO/c1-2-3-11-18-15-13(5-4-6-14(15)16)12-7-9-17-10-8-12/h4-6,12,17H,2-3,7-11H2,1H3. The van der Waals surface area contributed by atoms with Gasteiger partial charge in [0.05, 0.1) is 6.61 Å². The van der Waals surface area contributed by atoms with Crippen LogP contribution in [0.4, 0.5) is 4.39 Å². The highest BCUT2D eigenvalue weighted by molar-refractivity contribution is 5.38. The lowest BCUT2D eigenvalue weighted by Crippen LogP contribution is -2.27. The van der Waals surface area contributed by atoms with Crippen molar-refractivity contribution in [2.45, 2.75) is 38.5 Å². The fourth-order valence-corrected chi connectivity index (χ4v) is 2.45. The molecule has 1 saturated heterocycles. The molecule has 0 unspecified atom stereocenters. The van der Waals surface area contributed by atoms with Crippen molar-refractivity contribution in [1.82, 2.24) is 5.32 Å². The van der Waals surface area contributed by atoms with Gasteiger partial charge in [0.1, 0.15) is 0 Å². The predicted octanol–water partition coefficient (Wildman–Crippen LogP) is 3.47. The number of ether oxygens (including phenoxy) is 1. The van der Waals surface area contributed by atoms with E-state index in [9.17, 15) is 4.39 Å². The molecule has 0 amide bonds. The Balaban J connectivity index is 2.14. The summed E-state index contributed by atoms with van der Waals surface area (Å²) in [6, 6.07) is 5.30. The molecule has 18 heavy (non-hydrogen) atoms. The van der Waals surface area contributed by atoms with Gasteiger partial charge in [-0.2, -0.15) is 0 Å². The van der Waals surface area contributed by atoms with Gasteiger partial charge in [-0.3, -0.25) is 0 Å². The van der Waals surface area contributed by atoms with E-state index in [1.165, 1.54) is 6.07 Å². The fraction of sp³-hybridized carbons (Fsp3) is 0.600. The Morgan fingerprint density at radius 3 is 2.83 bits per heavy atom. The van der Waals surface area contributed by atoms with Gasteiger partial charge in [-0.1, -0.05) is 25.5 Å². The second kappa shape index (κ2) is 6.74. The molecule has 2 nitrogen and oxygen atoms in total. The average Bonchev–Trinajstić information content (AvgIpc) is 2.42. The van der Waals surface area contributed by atoms with Crippen LogP contribution in [0.25, 0.3) is 0 Å². The van der Waals surface area contributed by atoms with E-state index in [1.807, 2.05) is 6.07 Å². The summed E-state index contributed by atoms with van der Waals surface area (Å²) in [5.74, 6) is 0.693. The second-order valence-electron chi connectivity index (χ2n) is 4.88. The van der Waals surface area contributed by atoms with Gasteiger partial charge in [0.15, 0.2) is 11.6 Å². The third kappa shape index (κ3) is 3.22. The summed E-state index contributed by atoms with van der Waals surface area (Å²) in [5.41, 5.74) is 1.05. The maximum atomic E-state index is 13.9. The lowest BCUT2D eigenvalue weighted by atomic mass is 9.89. The number of para-hydroxylation sites is 1. The van der Waals surface area contributed by atoms with Crippen LogP contribution in [0, 0.1) is 5.82 Å². The van der Waals surface area contributed by atoms with E-state index < -0.39 is 0 Å². The zero-order valence-corrected chi connectivity index (χ0v) is 11.0. The van der Waals surface area contributed by atoms with Crippen molar-refractivity contribution in [3.63, 3.8) is 0 Å². The van der Waals surface area contributed by atoms with E-state index in [1.54, 1.807) is 6.07 Å². The molecule has 1 N–H and O–H groups in total. The zero-order chi connectivity index (χ0) is 12.8. The highest BCUT2D eigenvalue weighted by atomic mass is 19.1. The van der Waals surface area contributed by atoms with Crippen LogP contribution >= 0.6 is 0 Å². The first kappa shape index (κ1) is 13.3. The third-order valence-corrected chi connectivity index (χ3v) is 3.52. The lowest BCUT2D eigenvalue weighted by molar-refractivity contribution is 0.286. The molecule has 1 aromatic rings. The van der Waals surface area contributed by atoms with Crippen LogP contribution in [0.2, 0.25) is 0 Å². The Morgan fingerprint density at radius 1 is 1.33 bits per heavy atom. The van der Waals surface area contributed by atoms with Gasteiger partial charge in [0.25, 0.3) is 0 Å². The van der Waals surface area contributed by atoms with Crippen molar-refractivity contribution < 1.29 is 9.13 Å². The normalized spacial score (nSPS) is 16.8. The summed E-state index contributed by atoms with van der Waals surface area (Å²) in [5, 5.41) is 3.34. The van der Waals surface area contributed by atoms with Gasteiger partial charge in [-0.15, -0.1) is 0 Å². The van der Waals surface area contributed by atoms with Crippen molar-refractivity contribution in [3.05, 3.63) is 29.6 Å². The monoisotopic (exact) mass is 251 g/mol. The predicted molar refractivity (Wildman–Crippen MR) is 71.6 cm³/mol. The summed E-state index contributed by atoms with van der Waals surface area (Å²) < 4.78 is 19.6. The molecule has 0 atom stereocenters. The molecule has 0 radical (unpaired) electrons. The molecule has 0 bridgehead atoms. The summed E-state index contributed by atoms with van der Waals surface area (Å²) in [6.45, 7) is 4.74. The van der Waals surface area contributed by atoms with Crippen LogP contribution in [0.15, 0.2) is 18.2 Å². The van der Waals surface area contributed by atoms with Crippen molar-refractivity contribution in [3.8, 4) is 5.75 Å². The first-order valence-electron chi connectivity index (χ1n) is 6.95. The number of nitrogens with one attached hydrogen (secondary N) is 1. The Labute approximate surface area is 109 Å². The zero-order valence-electron chi connectivity index (χ0n) is 11.0. The molecule has 3 heteroatoms. The number of halogens is 1. The van der Waals surface area contributed by atoms with Crippen LogP contribution in [0.5, 0.6) is 5.75 Å². The number of hydrogen-bond donors (Lipinski definition) is 1. The van der Waals surface area contributed by atoms with E-state index in [0.29, 0.717) is 18.3 Å². The third-order valence-electron chi connectivity index (χ3n) is 3.52. The van der Waals surface area contributed by atoms with Gasteiger partial charge >= 0.3 is 0 Å². The minimum absolute atomic E-state index is 0.220. The van der Waals surface area contributed by atoms with Gasteiger partial charge in [-0.05, 0) is 44.3 Å². The van der Waals surface area contributed by atoms with Crippen LogP contribution in [0.1, 0.15) is 44.1 Å². The Hall–Kier alpha value is -1.09. The number of hydrogen-bond acceptors (Lipinski definition) is 2.